The first kappa shape index (κ1) is 14.0. The third kappa shape index (κ3) is 2.63. The van der Waals surface area contributed by atoms with Gasteiger partial charge in [0.15, 0.2) is 0 Å². The number of hydrogen-bond donors (Lipinski definition) is 0. The summed E-state index contributed by atoms with van der Waals surface area (Å²) in [5.41, 5.74) is 4.20. The second-order valence-electron chi connectivity index (χ2n) is 5.88. The van der Waals surface area contributed by atoms with Crippen LogP contribution < -0.4 is 9.64 Å². The summed E-state index contributed by atoms with van der Waals surface area (Å²) in [5.74, 6) is 1.54. The number of methoxy groups -OCH3 is 1. The van der Waals surface area contributed by atoms with Gasteiger partial charge < -0.3 is 9.64 Å². The van der Waals surface area contributed by atoms with Crippen molar-refractivity contribution in [3.05, 3.63) is 59.7 Å². The van der Waals surface area contributed by atoms with Gasteiger partial charge in [-0.1, -0.05) is 24.3 Å². The number of ether oxygens (including phenoxy) is 1. The van der Waals surface area contributed by atoms with Crippen molar-refractivity contribution in [2.45, 2.75) is 32.2 Å². The van der Waals surface area contributed by atoms with Gasteiger partial charge in [-0.15, -0.1) is 0 Å². The van der Waals surface area contributed by atoms with Gasteiger partial charge in [-0.25, -0.2) is 0 Å². The van der Waals surface area contributed by atoms with Crippen molar-refractivity contribution in [3.63, 3.8) is 0 Å². The molecule has 1 fully saturated rings. The Morgan fingerprint density at radius 1 is 1.05 bits per heavy atom. The molecule has 0 radical (unpaired) electrons. The van der Waals surface area contributed by atoms with Crippen LogP contribution in [0.5, 0.6) is 5.75 Å². The van der Waals surface area contributed by atoms with E-state index >= 15 is 0 Å². The predicted octanol–water partition coefficient (Wildman–Crippen LogP) is 4.39. The van der Waals surface area contributed by atoms with E-state index in [1.807, 2.05) is 12.1 Å². The van der Waals surface area contributed by atoms with E-state index in [1.54, 1.807) is 7.11 Å². The molecule has 21 heavy (non-hydrogen) atoms. The lowest BCUT2D eigenvalue weighted by Crippen LogP contribution is -2.29. The summed E-state index contributed by atoms with van der Waals surface area (Å²) in [5, 5.41) is 0. The third-order valence-electron chi connectivity index (χ3n) is 4.75. The first-order chi connectivity index (χ1) is 10.2. The fraction of sp³-hybridized carbons (Fsp3) is 0.368. The van der Waals surface area contributed by atoms with Crippen molar-refractivity contribution >= 4 is 5.69 Å². The standard InChI is InChI=1S/C19H23NO/c1-14-6-4-5-7-18(14)19-12-13-20(15(19)2)16-8-10-17(21-3)11-9-16/h4-11,15,19H,12-13H2,1-3H3/t15-,19+/m1/s1. The molecule has 0 amide bonds. The van der Waals surface area contributed by atoms with Crippen LogP contribution in [-0.2, 0) is 0 Å². The van der Waals surface area contributed by atoms with E-state index in [2.05, 4.69) is 55.1 Å². The normalized spacial score (nSPS) is 21.6. The van der Waals surface area contributed by atoms with Crippen LogP contribution in [0.15, 0.2) is 48.5 Å². The van der Waals surface area contributed by atoms with E-state index in [0.717, 1.165) is 12.3 Å². The Morgan fingerprint density at radius 3 is 2.43 bits per heavy atom. The van der Waals surface area contributed by atoms with E-state index in [1.165, 1.54) is 23.2 Å². The first-order valence-corrected chi connectivity index (χ1v) is 7.67. The van der Waals surface area contributed by atoms with Gasteiger partial charge >= 0.3 is 0 Å². The fourth-order valence-corrected chi connectivity index (χ4v) is 3.50. The monoisotopic (exact) mass is 281 g/mol. The molecular formula is C19H23NO. The van der Waals surface area contributed by atoms with Crippen molar-refractivity contribution in [3.8, 4) is 5.75 Å². The van der Waals surface area contributed by atoms with Crippen LogP contribution in [0.2, 0.25) is 0 Å². The van der Waals surface area contributed by atoms with Gasteiger partial charge in [0, 0.05) is 24.2 Å². The van der Waals surface area contributed by atoms with Gasteiger partial charge in [0.25, 0.3) is 0 Å². The number of rotatable bonds is 3. The summed E-state index contributed by atoms with van der Waals surface area (Å²) in [4.78, 5) is 2.51. The van der Waals surface area contributed by atoms with E-state index in [9.17, 15) is 0 Å². The van der Waals surface area contributed by atoms with Crippen LogP contribution >= 0.6 is 0 Å². The highest BCUT2D eigenvalue weighted by Crippen LogP contribution is 2.37. The second-order valence-corrected chi connectivity index (χ2v) is 5.88. The number of aryl methyl sites for hydroxylation is 1. The second kappa shape index (κ2) is 5.80. The van der Waals surface area contributed by atoms with Crippen molar-refractivity contribution in [2.75, 3.05) is 18.6 Å². The van der Waals surface area contributed by atoms with Gasteiger partial charge in [-0.3, -0.25) is 0 Å². The minimum Gasteiger partial charge on any atom is -0.497 e. The molecule has 110 valence electrons. The molecule has 0 aromatic heterocycles. The summed E-state index contributed by atoms with van der Waals surface area (Å²) < 4.78 is 5.25. The maximum atomic E-state index is 5.25. The Balaban J connectivity index is 1.82. The maximum Gasteiger partial charge on any atom is 0.119 e. The molecule has 2 nitrogen and oxygen atoms in total. The molecule has 0 N–H and O–H groups in total. The minimum absolute atomic E-state index is 0.527. The minimum atomic E-state index is 0.527. The molecule has 0 unspecified atom stereocenters. The Labute approximate surface area is 127 Å². The Hall–Kier alpha value is -1.96. The first-order valence-electron chi connectivity index (χ1n) is 7.67. The van der Waals surface area contributed by atoms with Crippen LogP contribution in [-0.4, -0.2) is 19.7 Å². The molecule has 0 spiro atoms. The van der Waals surface area contributed by atoms with Crippen molar-refractivity contribution in [2.24, 2.45) is 0 Å². The quantitative estimate of drug-likeness (QED) is 0.827. The third-order valence-corrected chi connectivity index (χ3v) is 4.75. The van der Waals surface area contributed by atoms with E-state index < -0.39 is 0 Å². The van der Waals surface area contributed by atoms with Crippen LogP contribution in [0.1, 0.15) is 30.4 Å². The summed E-state index contributed by atoms with van der Waals surface area (Å²) in [6.45, 7) is 5.68. The van der Waals surface area contributed by atoms with Crippen LogP contribution in [0.4, 0.5) is 5.69 Å². The molecule has 3 rings (SSSR count). The average Bonchev–Trinajstić information content (AvgIpc) is 2.89. The molecule has 1 aliphatic rings. The molecule has 0 aliphatic carbocycles. The van der Waals surface area contributed by atoms with Crippen molar-refractivity contribution in [1.29, 1.82) is 0 Å². The Bertz CT molecular complexity index is 605. The van der Waals surface area contributed by atoms with Crippen LogP contribution in [0.3, 0.4) is 0 Å². The number of benzene rings is 2. The van der Waals surface area contributed by atoms with Gasteiger partial charge in [-0.05, 0) is 55.7 Å². The molecule has 0 saturated carbocycles. The highest BCUT2D eigenvalue weighted by molar-refractivity contribution is 5.52. The largest absolute Gasteiger partial charge is 0.497 e. The number of nitrogens with zero attached hydrogens (tertiary/aromatic N) is 1. The number of hydrogen-bond acceptors (Lipinski definition) is 2. The topological polar surface area (TPSA) is 12.5 Å². The van der Waals surface area contributed by atoms with E-state index in [4.69, 9.17) is 4.74 Å². The summed E-state index contributed by atoms with van der Waals surface area (Å²) >= 11 is 0. The molecule has 2 heteroatoms. The lowest BCUT2D eigenvalue weighted by molar-refractivity contribution is 0.415. The van der Waals surface area contributed by atoms with Gasteiger partial charge in [0.05, 0.1) is 7.11 Å². The predicted molar refractivity (Wildman–Crippen MR) is 88.3 cm³/mol. The highest BCUT2D eigenvalue weighted by Gasteiger charge is 2.32. The van der Waals surface area contributed by atoms with Crippen molar-refractivity contribution in [1.82, 2.24) is 0 Å². The SMILES string of the molecule is COc1ccc(N2CC[C@H](c3ccccc3C)[C@H]2C)cc1. The zero-order valence-electron chi connectivity index (χ0n) is 13.0. The van der Waals surface area contributed by atoms with Gasteiger partial charge in [-0.2, -0.15) is 0 Å². The molecule has 2 atom stereocenters. The number of anilines is 1. The summed E-state index contributed by atoms with van der Waals surface area (Å²) in [6.07, 6.45) is 1.22. The van der Waals surface area contributed by atoms with E-state index in [0.29, 0.717) is 12.0 Å². The highest BCUT2D eigenvalue weighted by atomic mass is 16.5. The summed E-state index contributed by atoms with van der Waals surface area (Å²) in [6, 6.07) is 17.7. The fourth-order valence-electron chi connectivity index (χ4n) is 3.50. The Morgan fingerprint density at radius 2 is 1.76 bits per heavy atom. The lowest BCUT2D eigenvalue weighted by Gasteiger charge is -2.27. The van der Waals surface area contributed by atoms with Gasteiger partial charge in [0.2, 0.25) is 0 Å². The van der Waals surface area contributed by atoms with Crippen LogP contribution in [0, 0.1) is 6.92 Å². The zero-order chi connectivity index (χ0) is 14.8. The molecular weight excluding hydrogens is 258 g/mol. The van der Waals surface area contributed by atoms with Gasteiger partial charge in [0.1, 0.15) is 5.75 Å². The molecule has 1 saturated heterocycles. The molecule has 1 heterocycles. The molecule has 2 aromatic rings. The molecule has 0 bridgehead atoms. The maximum absolute atomic E-state index is 5.25. The smallest absolute Gasteiger partial charge is 0.119 e. The summed E-state index contributed by atoms with van der Waals surface area (Å²) in [7, 11) is 1.71. The molecule has 1 aliphatic heterocycles. The van der Waals surface area contributed by atoms with E-state index in [-0.39, 0.29) is 0 Å². The van der Waals surface area contributed by atoms with Crippen molar-refractivity contribution < 1.29 is 4.74 Å². The lowest BCUT2D eigenvalue weighted by atomic mass is 9.89. The Kier molecular flexibility index (Phi) is 3.87. The molecule has 2 aromatic carbocycles. The average molecular weight is 281 g/mol. The zero-order valence-corrected chi connectivity index (χ0v) is 13.0. The van der Waals surface area contributed by atoms with Crippen LogP contribution in [0.25, 0.3) is 0 Å².